The summed E-state index contributed by atoms with van der Waals surface area (Å²) in [7, 11) is 0. The fraction of sp³-hybridized carbons (Fsp3) is 0.158. The molecular formula is C19H14F4N2OS. The summed E-state index contributed by atoms with van der Waals surface area (Å²) in [6.45, 7) is 1.95. The van der Waals surface area contributed by atoms with Gasteiger partial charge in [-0.05, 0) is 24.6 Å². The van der Waals surface area contributed by atoms with Gasteiger partial charge in [-0.15, -0.1) is 0 Å². The number of hydrogen-bond acceptors (Lipinski definition) is 4. The van der Waals surface area contributed by atoms with Crippen LogP contribution in [0.1, 0.15) is 16.8 Å². The first-order valence-corrected chi connectivity index (χ1v) is 8.86. The lowest BCUT2D eigenvalue weighted by Crippen LogP contribution is -2.10. The number of halogens is 4. The van der Waals surface area contributed by atoms with E-state index in [4.69, 9.17) is 4.74 Å². The largest absolute Gasteiger partial charge is 0.439 e. The van der Waals surface area contributed by atoms with E-state index in [9.17, 15) is 17.6 Å². The van der Waals surface area contributed by atoms with Crippen LogP contribution in [0.5, 0.6) is 11.6 Å². The van der Waals surface area contributed by atoms with Gasteiger partial charge in [0, 0.05) is 17.9 Å². The van der Waals surface area contributed by atoms with Crippen molar-refractivity contribution in [3.63, 3.8) is 0 Å². The SMILES string of the molecule is Cc1ccc(CSc2nc(Oc3cccc(F)c3)cc(C(F)(F)F)n2)cc1. The molecule has 0 N–H and O–H groups in total. The number of benzene rings is 2. The average Bonchev–Trinajstić information content (AvgIpc) is 2.60. The maximum Gasteiger partial charge on any atom is 0.433 e. The molecule has 3 rings (SSSR count). The van der Waals surface area contributed by atoms with E-state index in [0.717, 1.165) is 29.0 Å². The van der Waals surface area contributed by atoms with Crippen LogP contribution in [0.25, 0.3) is 0 Å². The van der Waals surface area contributed by atoms with E-state index in [1.807, 2.05) is 31.2 Å². The second kappa shape index (κ2) is 7.96. The van der Waals surface area contributed by atoms with Gasteiger partial charge >= 0.3 is 6.18 Å². The molecule has 0 aliphatic carbocycles. The molecule has 27 heavy (non-hydrogen) atoms. The van der Waals surface area contributed by atoms with Crippen molar-refractivity contribution in [2.45, 2.75) is 24.0 Å². The van der Waals surface area contributed by atoms with E-state index in [-0.39, 0.29) is 16.8 Å². The summed E-state index contributed by atoms with van der Waals surface area (Å²) in [5.74, 6) is -0.404. The van der Waals surface area contributed by atoms with Gasteiger partial charge in [-0.3, -0.25) is 0 Å². The zero-order valence-electron chi connectivity index (χ0n) is 14.1. The monoisotopic (exact) mass is 394 g/mol. The summed E-state index contributed by atoms with van der Waals surface area (Å²) >= 11 is 1.06. The summed E-state index contributed by atoms with van der Waals surface area (Å²) in [6.07, 6.45) is -4.65. The summed E-state index contributed by atoms with van der Waals surface area (Å²) in [6, 6.07) is 13.4. The van der Waals surface area contributed by atoms with E-state index in [2.05, 4.69) is 9.97 Å². The quantitative estimate of drug-likeness (QED) is 0.301. The predicted molar refractivity (Wildman–Crippen MR) is 94.2 cm³/mol. The lowest BCUT2D eigenvalue weighted by Gasteiger charge is -2.11. The van der Waals surface area contributed by atoms with Crippen LogP contribution in [0.3, 0.4) is 0 Å². The van der Waals surface area contributed by atoms with Crippen LogP contribution < -0.4 is 4.74 Å². The first-order chi connectivity index (χ1) is 12.8. The van der Waals surface area contributed by atoms with Gasteiger partial charge in [-0.2, -0.15) is 18.2 Å². The fourth-order valence-corrected chi connectivity index (χ4v) is 2.95. The Morgan fingerprint density at radius 1 is 1.00 bits per heavy atom. The number of aromatic nitrogens is 2. The summed E-state index contributed by atoms with van der Waals surface area (Å²) < 4.78 is 58.0. The number of ether oxygens (including phenoxy) is 1. The Labute approximate surface area is 157 Å². The van der Waals surface area contributed by atoms with E-state index >= 15 is 0 Å². The van der Waals surface area contributed by atoms with Crippen molar-refractivity contribution in [1.29, 1.82) is 0 Å². The molecule has 3 aromatic rings. The molecule has 0 atom stereocenters. The minimum Gasteiger partial charge on any atom is -0.439 e. The lowest BCUT2D eigenvalue weighted by atomic mass is 10.2. The first-order valence-electron chi connectivity index (χ1n) is 7.88. The fourth-order valence-electron chi connectivity index (χ4n) is 2.15. The lowest BCUT2D eigenvalue weighted by molar-refractivity contribution is -0.141. The number of hydrogen-bond donors (Lipinski definition) is 0. The molecule has 1 aromatic heterocycles. The van der Waals surface area contributed by atoms with Crippen LogP contribution in [0.15, 0.2) is 59.8 Å². The average molecular weight is 394 g/mol. The molecule has 0 bridgehead atoms. The number of aryl methyl sites for hydroxylation is 1. The Bertz CT molecular complexity index is 930. The van der Waals surface area contributed by atoms with Crippen LogP contribution in [0.4, 0.5) is 17.6 Å². The van der Waals surface area contributed by atoms with Gasteiger partial charge in [-0.25, -0.2) is 9.37 Å². The molecule has 0 saturated heterocycles. The molecule has 0 spiro atoms. The van der Waals surface area contributed by atoms with Crippen molar-refractivity contribution in [2.75, 3.05) is 0 Å². The summed E-state index contributed by atoms with van der Waals surface area (Å²) in [4.78, 5) is 7.58. The van der Waals surface area contributed by atoms with E-state index in [1.54, 1.807) is 0 Å². The third-order valence-corrected chi connectivity index (χ3v) is 4.40. The van der Waals surface area contributed by atoms with E-state index in [1.165, 1.54) is 18.2 Å². The molecule has 2 aromatic carbocycles. The normalized spacial score (nSPS) is 11.4. The van der Waals surface area contributed by atoms with Crippen LogP contribution in [-0.2, 0) is 11.9 Å². The van der Waals surface area contributed by atoms with Gasteiger partial charge in [0.15, 0.2) is 10.9 Å². The smallest absolute Gasteiger partial charge is 0.433 e. The number of rotatable bonds is 5. The minimum atomic E-state index is -4.65. The van der Waals surface area contributed by atoms with Crippen molar-refractivity contribution in [1.82, 2.24) is 9.97 Å². The van der Waals surface area contributed by atoms with Gasteiger partial charge < -0.3 is 4.74 Å². The standard InChI is InChI=1S/C19H14F4N2OS/c1-12-5-7-13(8-6-12)11-27-18-24-16(19(21,22)23)10-17(25-18)26-15-4-2-3-14(20)9-15/h2-10H,11H2,1H3. The predicted octanol–water partition coefficient (Wildman–Crippen LogP) is 6.03. The molecule has 0 fully saturated rings. The molecule has 0 amide bonds. The highest BCUT2D eigenvalue weighted by Gasteiger charge is 2.34. The van der Waals surface area contributed by atoms with Crippen LogP contribution in [0.2, 0.25) is 0 Å². The maximum absolute atomic E-state index is 13.3. The molecule has 0 unspecified atom stereocenters. The van der Waals surface area contributed by atoms with Crippen LogP contribution in [-0.4, -0.2) is 9.97 Å². The molecular weight excluding hydrogens is 380 g/mol. The molecule has 1 heterocycles. The summed E-state index contributed by atoms with van der Waals surface area (Å²) in [5.41, 5.74) is 0.902. The zero-order valence-corrected chi connectivity index (χ0v) is 14.9. The Hall–Kier alpha value is -2.61. The maximum atomic E-state index is 13.3. The molecule has 0 saturated carbocycles. The van der Waals surface area contributed by atoms with Crippen LogP contribution in [0, 0.1) is 12.7 Å². The molecule has 0 aliphatic rings. The van der Waals surface area contributed by atoms with Gasteiger partial charge in [0.1, 0.15) is 11.6 Å². The van der Waals surface area contributed by atoms with E-state index in [0.29, 0.717) is 11.8 Å². The highest BCUT2D eigenvalue weighted by Crippen LogP contribution is 2.33. The Morgan fingerprint density at radius 3 is 2.41 bits per heavy atom. The van der Waals surface area contributed by atoms with E-state index < -0.39 is 17.7 Å². The number of thioether (sulfide) groups is 1. The second-order valence-electron chi connectivity index (χ2n) is 5.71. The Kier molecular flexibility index (Phi) is 5.65. The molecule has 0 radical (unpaired) electrons. The molecule has 0 aliphatic heterocycles. The third-order valence-electron chi connectivity index (χ3n) is 3.48. The Morgan fingerprint density at radius 2 is 1.74 bits per heavy atom. The van der Waals surface area contributed by atoms with Gasteiger partial charge in [0.25, 0.3) is 0 Å². The van der Waals surface area contributed by atoms with Crippen molar-refractivity contribution in [2.24, 2.45) is 0 Å². The van der Waals surface area contributed by atoms with Gasteiger partial charge in [-0.1, -0.05) is 47.7 Å². The van der Waals surface area contributed by atoms with Crippen molar-refractivity contribution >= 4 is 11.8 Å². The Balaban J connectivity index is 1.85. The van der Waals surface area contributed by atoms with Crippen molar-refractivity contribution in [3.05, 3.63) is 77.2 Å². The number of alkyl halides is 3. The zero-order chi connectivity index (χ0) is 19.4. The topological polar surface area (TPSA) is 35.0 Å². The highest BCUT2D eigenvalue weighted by atomic mass is 32.2. The van der Waals surface area contributed by atoms with Gasteiger partial charge in [0.05, 0.1) is 0 Å². The van der Waals surface area contributed by atoms with Gasteiger partial charge in [0.2, 0.25) is 5.88 Å². The van der Waals surface area contributed by atoms with Crippen LogP contribution >= 0.6 is 11.8 Å². The molecule has 3 nitrogen and oxygen atoms in total. The van der Waals surface area contributed by atoms with Crippen molar-refractivity contribution < 1.29 is 22.3 Å². The summed E-state index contributed by atoms with van der Waals surface area (Å²) in [5, 5.41) is -0.0724. The first kappa shape index (κ1) is 19.2. The highest BCUT2D eigenvalue weighted by molar-refractivity contribution is 7.98. The van der Waals surface area contributed by atoms with Crippen molar-refractivity contribution in [3.8, 4) is 11.6 Å². The second-order valence-corrected chi connectivity index (χ2v) is 6.65. The third kappa shape index (κ3) is 5.43. The molecule has 140 valence electrons. The minimum absolute atomic E-state index is 0.0521. The molecule has 8 heteroatoms. The number of nitrogens with zero attached hydrogens (tertiary/aromatic N) is 2.